The molecule has 1 aliphatic heterocycles. The second-order valence-corrected chi connectivity index (χ2v) is 14.4. The third kappa shape index (κ3) is 8.67. The maximum atomic E-state index is 11.6. The predicted octanol–water partition coefficient (Wildman–Crippen LogP) is 5.65. The summed E-state index contributed by atoms with van der Waals surface area (Å²) >= 11 is 6.78. The molecule has 0 bridgehead atoms. The average molecular weight is 751 g/mol. The van der Waals surface area contributed by atoms with Crippen molar-refractivity contribution in [1.82, 2.24) is 25.0 Å². The van der Waals surface area contributed by atoms with E-state index in [9.17, 15) is 25.4 Å². The number of carbonyl (C=O) groups is 1. The van der Waals surface area contributed by atoms with Gasteiger partial charge in [-0.05, 0) is 72.1 Å². The zero-order valence-electron chi connectivity index (χ0n) is 29.8. The van der Waals surface area contributed by atoms with Crippen molar-refractivity contribution in [3.8, 4) is 28.7 Å². The Morgan fingerprint density at radius 3 is 2.57 bits per heavy atom. The lowest BCUT2D eigenvalue weighted by Crippen LogP contribution is -2.39. The molecule has 0 radical (unpaired) electrons. The van der Waals surface area contributed by atoms with Gasteiger partial charge in [0.25, 0.3) is 0 Å². The molecule has 0 spiro atoms. The van der Waals surface area contributed by atoms with E-state index >= 15 is 0 Å². The van der Waals surface area contributed by atoms with Gasteiger partial charge in [0.1, 0.15) is 36.8 Å². The summed E-state index contributed by atoms with van der Waals surface area (Å²) in [7, 11) is 0. The number of rotatable bonds is 17. The molecule has 5 aromatic rings. The quantitative estimate of drug-likeness (QED) is 0.0928. The molecule has 2 aliphatic rings. The number of aliphatic hydroxyl groups excluding tert-OH is 2. The molecule has 3 aromatic carbocycles. The maximum Gasteiger partial charge on any atom is 0.323 e. The van der Waals surface area contributed by atoms with Crippen LogP contribution < -0.4 is 14.8 Å². The number of aliphatic carboxylic acids is 1. The standard InChI is InChI=1S/C41H43ClN6O6/c42-35-15-30(20-45-36(23-49)41(51)52)38(53-24-27-14-26(17-43)18-44-19-27)16-39(35)54-25-29-4-1-6-33(40(29)28-8-9-28)32-5-2-7-37-34(32)21-46-48(37)12-3-11-47-13-10-31(50)22-47/h1-2,4-7,14-16,18-19,21,28,31,36,45,49-50H,3,8-13,20,22-25H2,(H,51,52)/t31-,36+/m1/s1. The number of hydrogen-bond acceptors (Lipinski definition) is 10. The highest BCUT2D eigenvalue weighted by Crippen LogP contribution is 2.47. The van der Waals surface area contributed by atoms with E-state index < -0.39 is 18.6 Å². The van der Waals surface area contributed by atoms with Crippen LogP contribution in [0.2, 0.25) is 5.02 Å². The number of ether oxygens (including phenoxy) is 2. The minimum atomic E-state index is -1.18. The summed E-state index contributed by atoms with van der Waals surface area (Å²) in [5.41, 5.74) is 7.36. The van der Waals surface area contributed by atoms with Crippen LogP contribution in [0.1, 0.15) is 59.4 Å². The van der Waals surface area contributed by atoms with Gasteiger partial charge in [-0.1, -0.05) is 41.9 Å². The van der Waals surface area contributed by atoms with Gasteiger partial charge in [0, 0.05) is 67.7 Å². The smallest absolute Gasteiger partial charge is 0.323 e. The Labute approximate surface area is 318 Å². The van der Waals surface area contributed by atoms with E-state index in [1.807, 2.05) is 6.20 Å². The summed E-state index contributed by atoms with van der Waals surface area (Å²) in [6, 6.07) is 18.7. The number of nitriles is 1. The van der Waals surface area contributed by atoms with E-state index in [4.69, 9.17) is 26.2 Å². The van der Waals surface area contributed by atoms with Crippen LogP contribution in [-0.4, -0.2) is 79.3 Å². The van der Waals surface area contributed by atoms with Crippen LogP contribution >= 0.6 is 11.6 Å². The molecule has 2 atom stereocenters. The lowest BCUT2D eigenvalue weighted by molar-refractivity contribution is -0.140. The highest BCUT2D eigenvalue weighted by molar-refractivity contribution is 6.32. The highest BCUT2D eigenvalue weighted by Gasteiger charge is 2.30. The molecule has 3 heterocycles. The molecule has 0 amide bonds. The van der Waals surface area contributed by atoms with Gasteiger partial charge in [0.05, 0.1) is 35.0 Å². The molecule has 7 rings (SSSR count). The van der Waals surface area contributed by atoms with E-state index in [2.05, 4.69) is 62.3 Å². The van der Waals surface area contributed by atoms with Crippen molar-refractivity contribution >= 4 is 28.5 Å². The third-order valence-electron chi connectivity index (χ3n) is 10.1. The Balaban J connectivity index is 1.12. The molecule has 12 nitrogen and oxygen atoms in total. The van der Waals surface area contributed by atoms with Gasteiger partial charge >= 0.3 is 5.97 Å². The molecular weight excluding hydrogens is 708 g/mol. The number of carboxylic acids is 1. The number of nitrogens with one attached hydrogen (secondary N) is 1. The van der Waals surface area contributed by atoms with Crippen LogP contribution in [0.4, 0.5) is 0 Å². The number of β-amino-alcohol motifs (C(OH)–C–C–N with tert-alkyl or cyclic N) is 1. The number of pyridine rings is 1. The predicted molar refractivity (Wildman–Crippen MR) is 203 cm³/mol. The maximum absolute atomic E-state index is 11.6. The fourth-order valence-corrected chi connectivity index (χ4v) is 7.41. The molecule has 0 unspecified atom stereocenters. The van der Waals surface area contributed by atoms with E-state index in [0.29, 0.717) is 39.1 Å². The monoisotopic (exact) mass is 750 g/mol. The van der Waals surface area contributed by atoms with Gasteiger partial charge in [-0.25, -0.2) is 0 Å². The van der Waals surface area contributed by atoms with Gasteiger partial charge in [0.15, 0.2) is 0 Å². The second kappa shape index (κ2) is 17.0. The average Bonchev–Trinajstić information content (AvgIpc) is 3.81. The van der Waals surface area contributed by atoms with Gasteiger partial charge in [0.2, 0.25) is 0 Å². The Bertz CT molecular complexity index is 2160. The molecule has 280 valence electrons. The first kappa shape index (κ1) is 37.3. The summed E-state index contributed by atoms with van der Waals surface area (Å²) in [6.45, 7) is 3.25. The summed E-state index contributed by atoms with van der Waals surface area (Å²) in [5.74, 6) is 0.0361. The van der Waals surface area contributed by atoms with Crippen LogP contribution in [0.25, 0.3) is 22.0 Å². The fraction of sp³-hybridized carbons (Fsp3) is 0.366. The molecule has 13 heteroatoms. The van der Waals surface area contributed by atoms with Crippen LogP contribution in [0, 0.1) is 11.3 Å². The summed E-state index contributed by atoms with van der Waals surface area (Å²) in [5, 5.41) is 47.2. The SMILES string of the molecule is N#Cc1cncc(COc2cc(OCc3cccc(-c4cccc5c4cnn5CCCN4CC[C@@H](O)C4)c3C3CC3)c(Cl)cc2CN[C@@H](CO)C(=O)O)c1. The molecule has 4 N–H and O–H groups in total. The molecule has 1 saturated heterocycles. The number of hydrogen-bond donors (Lipinski definition) is 4. The Hall–Kier alpha value is -5.03. The summed E-state index contributed by atoms with van der Waals surface area (Å²) in [4.78, 5) is 18.0. The number of benzene rings is 3. The second-order valence-electron chi connectivity index (χ2n) is 14.0. The Morgan fingerprint density at radius 2 is 1.81 bits per heavy atom. The van der Waals surface area contributed by atoms with Crippen LogP contribution in [-0.2, 0) is 31.1 Å². The van der Waals surface area contributed by atoms with Crippen LogP contribution in [0.3, 0.4) is 0 Å². The Morgan fingerprint density at radius 1 is 1.00 bits per heavy atom. The van der Waals surface area contributed by atoms with Gasteiger partial charge < -0.3 is 29.7 Å². The Kier molecular flexibility index (Phi) is 11.7. The minimum Gasteiger partial charge on any atom is -0.488 e. The van der Waals surface area contributed by atoms with Crippen molar-refractivity contribution in [3.05, 3.63) is 106 Å². The zero-order chi connectivity index (χ0) is 37.6. The van der Waals surface area contributed by atoms with Crippen molar-refractivity contribution < 1.29 is 29.6 Å². The van der Waals surface area contributed by atoms with Gasteiger partial charge in [-0.2, -0.15) is 10.4 Å². The van der Waals surface area contributed by atoms with E-state index in [1.165, 1.54) is 11.8 Å². The number of aryl methyl sites for hydroxylation is 1. The van der Waals surface area contributed by atoms with E-state index in [-0.39, 0.29) is 25.9 Å². The number of likely N-dealkylation sites (tertiary alicyclic amines) is 1. The van der Waals surface area contributed by atoms with Crippen molar-refractivity contribution in [1.29, 1.82) is 5.26 Å². The number of aliphatic hydroxyl groups is 2. The molecule has 54 heavy (non-hydrogen) atoms. The first-order valence-electron chi connectivity index (χ1n) is 18.3. The van der Waals surface area contributed by atoms with Crippen molar-refractivity contribution in [3.63, 3.8) is 0 Å². The molecule has 1 aliphatic carbocycles. The summed E-state index contributed by atoms with van der Waals surface area (Å²) in [6.07, 6.45) is 8.82. The first-order chi connectivity index (χ1) is 26.3. The fourth-order valence-electron chi connectivity index (χ4n) is 7.17. The van der Waals surface area contributed by atoms with E-state index in [1.54, 1.807) is 24.4 Å². The van der Waals surface area contributed by atoms with Gasteiger partial charge in [-0.3, -0.25) is 19.8 Å². The first-order valence-corrected chi connectivity index (χ1v) is 18.6. The van der Waals surface area contributed by atoms with Crippen LogP contribution in [0.15, 0.2) is 73.2 Å². The topological polar surface area (TPSA) is 166 Å². The third-order valence-corrected chi connectivity index (χ3v) is 10.4. The molecule has 2 aromatic heterocycles. The normalized spacial score (nSPS) is 16.4. The highest BCUT2D eigenvalue weighted by atomic mass is 35.5. The van der Waals surface area contributed by atoms with Crippen molar-refractivity contribution in [2.75, 3.05) is 26.2 Å². The van der Waals surface area contributed by atoms with Crippen molar-refractivity contribution in [2.45, 2.75) is 70.1 Å². The zero-order valence-corrected chi connectivity index (χ0v) is 30.6. The number of aromatic nitrogens is 3. The van der Waals surface area contributed by atoms with Crippen molar-refractivity contribution in [2.24, 2.45) is 0 Å². The minimum absolute atomic E-state index is 0.0575. The largest absolute Gasteiger partial charge is 0.488 e. The van der Waals surface area contributed by atoms with Gasteiger partial charge in [-0.15, -0.1) is 0 Å². The number of nitrogens with zero attached hydrogens (tertiary/aromatic N) is 5. The number of carboxylic acid groups (broad SMARTS) is 1. The molecular formula is C41H43ClN6O6. The number of halogens is 1. The molecule has 2 fully saturated rings. The summed E-state index contributed by atoms with van der Waals surface area (Å²) < 4.78 is 14.7. The lowest BCUT2D eigenvalue weighted by atomic mass is 9.91. The number of fused-ring (bicyclic) bond motifs is 1. The lowest BCUT2D eigenvalue weighted by Gasteiger charge is -2.19. The van der Waals surface area contributed by atoms with Crippen LogP contribution in [0.5, 0.6) is 11.5 Å². The van der Waals surface area contributed by atoms with E-state index in [0.717, 1.165) is 79.5 Å². The molecule has 1 saturated carbocycles.